The van der Waals surface area contributed by atoms with Gasteiger partial charge in [-0.2, -0.15) is 0 Å². The van der Waals surface area contributed by atoms with Crippen LogP contribution in [0.25, 0.3) is 69.9 Å². The van der Waals surface area contributed by atoms with Crippen LogP contribution in [0.3, 0.4) is 0 Å². The van der Waals surface area contributed by atoms with E-state index in [0.29, 0.717) is 0 Å². The van der Waals surface area contributed by atoms with Crippen LogP contribution in [-0.2, 0) is 0 Å². The van der Waals surface area contributed by atoms with Crippen LogP contribution in [0.15, 0.2) is 138 Å². The van der Waals surface area contributed by atoms with Gasteiger partial charge in [0, 0.05) is 41.1 Å². The zero-order valence-electron chi connectivity index (χ0n) is 20.9. The average Bonchev–Trinajstić information content (AvgIpc) is 3.52. The summed E-state index contributed by atoms with van der Waals surface area (Å²) < 4.78 is 6.18. The smallest absolute Gasteiger partial charge is 0.0547 e. The van der Waals surface area contributed by atoms with Crippen molar-refractivity contribution in [1.82, 2.24) is 4.57 Å². The molecule has 8 aromatic rings. The third-order valence-corrected chi connectivity index (χ3v) is 9.29. The number of halogens is 1. The van der Waals surface area contributed by atoms with Gasteiger partial charge in [-0.25, -0.2) is 0 Å². The fourth-order valence-electron chi connectivity index (χ4n) is 5.83. The first-order chi connectivity index (χ1) is 19.2. The van der Waals surface area contributed by atoms with E-state index >= 15 is 0 Å². The average molecular weight is 581 g/mol. The van der Waals surface area contributed by atoms with Gasteiger partial charge in [0.05, 0.1) is 11.0 Å². The zero-order valence-corrected chi connectivity index (χ0v) is 23.3. The van der Waals surface area contributed by atoms with Crippen LogP contribution >= 0.6 is 27.3 Å². The van der Waals surface area contributed by atoms with Crippen LogP contribution < -0.4 is 0 Å². The second-order valence-electron chi connectivity index (χ2n) is 9.95. The molecule has 8 rings (SSSR count). The Morgan fingerprint density at radius 3 is 1.95 bits per heavy atom. The Bertz CT molecular complexity index is 2200. The molecule has 184 valence electrons. The summed E-state index contributed by atoms with van der Waals surface area (Å²) in [4.78, 5) is 0. The van der Waals surface area contributed by atoms with Crippen molar-refractivity contribution >= 4 is 69.2 Å². The van der Waals surface area contributed by atoms with Gasteiger partial charge >= 0.3 is 0 Å². The van der Waals surface area contributed by atoms with E-state index in [1.807, 2.05) is 11.3 Å². The molecule has 0 unspecified atom stereocenters. The number of hydrogen-bond donors (Lipinski definition) is 0. The van der Waals surface area contributed by atoms with Crippen LogP contribution in [-0.4, -0.2) is 4.57 Å². The van der Waals surface area contributed by atoms with Crippen LogP contribution in [0.1, 0.15) is 0 Å². The molecular formula is C36H22BrNS. The number of fused-ring (bicyclic) bond motifs is 6. The van der Waals surface area contributed by atoms with Crippen molar-refractivity contribution in [3.8, 4) is 27.9 Å². The van der Waals surface area contributed by atoms with E-state index in [4.69, 9.17) is 0 Å². The van der Waals surface area contributed by atoms with E-state index < -0.39 is 0 Å². The number of nitrogens with zero attached hydrogens (tertiary/aromatic N) is 1. The molecule has 0 saturated heterocycles. The summed E-state index contributed by atoms with van der Waals surface area (Å²) in [7, 11) is 0. The lowest BCUT2D eigenvalue weighted by atomic mass is 9.98. The molecule has 0 atom stereocenters. The van der Waals surface area contributed by atoms with Crippen molar-refractivity contribution < 1.29 is 0 Å². The Morgan fingerprint density at radius 2 is 1.10 bits per heavy atom. The quantitative estimate of drug-likeness (QED) is 0.196. The number of para-hydroxylation sites is 1. The van der Waals surface area contributed by atoms with Crippen molar-refractivity contribution in [2.24, 2.45) is 0 Å². The van der Waals surface area contributed by atoms with Gasteiger partial charge in [0.25, 0.3) is 0 Å². The summed E-state index contributed by atoms with van der Waals surface area (Å²) >= 11 is 5.48. The lowest BCUT2D eigenvalue weighted by Gasteiger charge is -2.10. The molecule has 0 amide bonds. The first kappa shape index (κ1) is 22.8. The Hall–Kier alpha value is -4.18. The first-order valence-electron chi connectivity index (χ1n) is 13.0. The molecule has 0 fully saturated rings. The summed E-state index contributed by atoms with van der Waals surface area (Å²) in [6.45, 7) is 0. The number of thiophene rings is 1. The summed E-state index contributed by atoms with van der Waals surface area (Å²) in [6, 6.07) is 48.6. The molecule has 0 bridgehead atoms. The normalized spacial score (nSPS) is 11.7. The number of hydrogen-bond acceptors (Lipinski definition) is 1. The Morgan fingerprint density at radius 1 is 0.436 bits per heavy atom. The minimum atomic E-state index is 1.09. The molecule has 0 saturated carbocycles. The molecule has 0 aliphatic heterocycles. The number of rotatable bonds is 3. The molecule has 0 aliphatic rings. The zero-order chi connectivity index (χ0) is 25.9. The molecule has 0 aliphatic carbocycles. The van der Waals surface area contributed by atoms with Crippen molar-refractivity contribution in [3.05, 3.63) is 138 Å². The highest BCUT2D eigenvalue weighted by Gasteiger charge is 2.15. The summed E-state index contributed by atoms with van der Waals surface area (Å²) in [6.07, 6.45) is 0. The van der Waals surface area contributed by atoms with Crippen LogP contribution in [0.4, 0.5) is 0 Å². The maximum Gasteiger partial charge on any atom is 0.0547 e. The summed E-state index contributed by atoms with van der Waals surface area (Å²) in [5.74, 6) is 0. The molecule has 1 nitrogen and oxygen atoms in total. The molecule has 0 radical (unpaired) electrons. The maximum absolute atomic E-state index is 3.62. The Balaban J connectivity index is 1.35. The second kappa shape index (κ2) is 8.94. The lowest BCUT2D eigenvalue weighted by molar-refractivity contribution is 1.19. The molecule has 0 spiro atoms. The topological polar surface area (TPSA) is 4.93 Å². The molecule has 2 heterocycles. The Labute approximate surface area is 238 Å². The van der Waals surface area contributed by atoms with Crippen molar-refractivity contribution in [3.63, 3.8) is 0 Å². The SMILES string of the molecule is Brc1cccc(-c2cccc(-c3ccc4c5ccccc5n(-c5ccc6sc7ccccc7c6c5)c4c3)c2)c1. The molecule has 3 heteroatoms. The number of benzene rings is 6. The van der Waals surface area contributed by atoms with E-state index in [-0.39, 0.29) is 0 Å². The summed E-state index contributed by atoms with van der Waals surface area (Å²) in [5, 5.41) is 5.19. The summed E-state index contributed by atoms with van der Waals surface area (Å²) in [5.41, 5.74) is 8.49. The van der Waals surface area contributed by atoms with Gasteiger partial charge in [-0.3, -0.25) is 0 Å². The van der Waals surface area contributed by atoms with Gasteiger partial charge in [-0.05, 0) is 76.9 Å². The van der Waals surface area contributed by atoms with Gasteiger partial charge in [0.15, 0.2) is 0 Å². The third kappa shape index (κ3) is 3.73. The first-order valence-corrected chi connectivity index (χ1v) is 14.7. The Kier molecular flexibility index (Phi) is 5.22. The van der Waals surface area contributed by atoms with E-state index in [1.54, 1.807) is 0 Å². The molecule has 6 aromatic carbocycles. The van der Waals surface area contributed by atoms with Crippen molar-refractivity contribution in [2.45, 2.75) is 0 Å². The van der Waals surface area contributed by atoms with Crippen molar-refractivity contribution in [2.75, 3.05) is 0 Å². The predicted octanol–water partition coefficient (Wildman–Crippen LogP) is 11.2. The van der Waals surface area contributed by atoms with Gasteiger partial charge in [-0.1, -0.05) is 94.8 Å². The monoisotopic (exact) mass is 579 g/mol. The third-order valence-electron chi connectivity index (χ3n) is 7.65. The molecule has 2 aromatic heterocycles. The van der Waals surface area contributed by atoms with E-state index in [1.165, 1.54) is 69.9 Å². The fourth-order valence-corrected chi connectivity index (χ4v) is 7.31. The predicted molar refractivity (Wildman–Crippen MR) is 172 cm³/mol. The minimum Gasteiger partial charge on any atom is -0.309 e. The highest BCUT2D eigenvalue weighted by atomic mass is 79.9. The van der Waals surface area contributed by atoms with Crippen LogP contribution in [0.5, 0.6) is 0 Å². The lowest BCUT2D eigenvalue weighted by Crippen LogP contribution is -1.93. The highest BCUT2D eigenvalue weighted by Crippen LogP contribution is 2.39. The van der Waals surface area contributed by atoms with Gasteiger partial charge in [0.2, 0.25) is 0 Å². The molecular weight excluding hydrogens is 558 g/mol. The van der Waals surface area contributed by atoms with Gasteiger partial charge in [0.1, 0.15) is 0 Å². The van der Waals surface area contributed by atoms with Gasteiger partial charge < -0.3 is 4.57 Å². The maximum atomic E-state index is 3.62. The highest BCUT2D eigenvalue weighted by molar-refractivity contribution is 9.10. The van der Waals surface area contributed by atoms with Gasteiger partial charge in [-0.15, -0.1) is 11.3 Å². The molecule has 0 N–H and O–H groups in total. The van der Waals surface area contributed by atoms with Crippen LogP contribution in [0.2, 0.25) is 0 Å². The van der Waals surface area contributed by atoms with E-state index in [0.717, 1.165) is 4.47 Å². The van der Waals surface area contributed by atoms with E-state index in [9.17, 15) is 0 Å². The standard InChI is InChI=1S/C36H22BrNS/c37-27-10-6-9-25(20-27)23-7-5-8-24(19-23)26-15-17-30-29-11-1-3-13-33(29)38(34(30)21-26)28-16-18-36-32(22-28)31-12-2-4-14-35(31)39-36/h1-22H. The fraction of sp³-hybridized carbons (Fsp3) is 0. The largest absolute Gasteiger partial charge is 0.309 e. The van der Waals surface area contributed by atoms with Crippen molar-refractivity contribution in [1.29, 1.82) is 0 Å². The minimum absolute atomic E-state index is 1.09. The number of aromatic nitrogens is 1. The second-order valence-corrected chi connectivity index (χ2v) is 12.0. The van der Waals surface area contributed by atoms with E-state index in [2.05, 4.69) is 154 Å². The molecule has 39 heavy (non-hydrogen) atoms. The van der Waals surface area contributed by atoms with Crippen LogP contribution in [0, 0.1) is 0 Å².